The van der Waals surface area contributed by atoms with E-state index in [0.29, 0.717) is 21.6 Å². The van der Waals surface area contributed by atoms with Crippen LogP contribution in [0.15, 0.2) is 86.8 Å². The molecule has 4 aromatic rings. The SMILES string of the molecule is O=C(CNc1cccc2ccccc12)N/N=C\c1ccc(-c2ccc([N+](=O)[O-])cc2Br)o1. The van der Waals surface area contributed by atoms with Gasteiger partial charge in [0.05, 0.1) is 17.7 Å². The van der Waals surface area contributed by atoms with Crippen molar-refractivity contribution >= 4 is 50.2 Å². The Kier molecular flexibility index (Phi) is 6.27. The number of nitro benzene ring substituents is 1. The molecule has 0 aliphatic carbocycles. The number of amides is 1. The molecule has 0 aliphatic rings. The first kappa shape index (κ1) is 21.3. The first-order valence-corrected chi connectivity index (χ1v) is 10.4. The number of nitrogens with one attached hydrogen (secondary N) is 2. The fraction of sp³-hybridized carbons (Fsp3) is 0.0435. The first-order chi connectivity index (χ1) is 15.5. The summed E-state index contributed by atoms with van der Waals surface area (Å²) < 4.78 is 6.23. The molecule has 1 amide bonds. The summed E-state index contributed by atoms with van der Waals surface area (Å²) in [6.07, 6.45) is 1.39. The van der Waals surface area contributed by atoms with Crippen molar-refractivity contribution in [2.75, 3.05) is 11.9 Å². The van der Waals surface area contributed by atoms with Gasteiger partial charge in [0.15, 0.2) is 0 Å². The van der Waals surface area contributed by atoms with Gasteiger partial charge in [-0.3, -0.25) is 14.9 Å². The second-order valence-corrected chi connectivity index (χ2v) is 7.65. The van der Waals surface area contributed by atoms with Gasteiger partial charge in [-0.1, -0.05) is 36.4 Å². The molecular weight excluding hydrogens is 476 g/mol. The zero-order valence-corrected chi connectivity index (χ0v) is 18.2. The van der Waals surface area contributed by atoms with E-state index >= 15 is 0 Å². The fourth-order valence-electron chi connectivity index (χ4n) is 3.15. The van der Waals surface area contributed by atoms with Gasteiger partial charge in [0.25, 0.3) is 11.6 Å². The number of benzene rings is 3. The standard InChI is InChI=1S/C23H17BrN4O4/c24-20-12-16(28(30)31)8-10-19(20)22-11-9-17(32-22)13-26-27-23(29)14-25-21-7-3-5-15-4-1-2-6-18(15)21/h1-13,25H,14H2,(H,27,29)/b26-13-. The molecule has 1 aromatic heterocycles. The zero-order valence-electron chi connectivity index (χ0n) is 16.6. The number of fused-ring (bicyclic) bond motifs is 1. The van der Waals surface area contributed by atoms with Crippen LogP contribution in [-0.2, 0) is 4.79 Å². The van der Waals surface area contributed by atoms with Crippen LogP contribution in [0.3, 0.4) is 0 Å². The van der Waals surface area contributed by atoms with Crippen molar-refractivity contribution in [3.05, 3.63) is 93.1 Å². The van der Waals surface area contributed by atoms with Crippen molar-refractivity contribution in [1.82, 2.24) is 5.43 Å². The Morgan fingerprint density at radius 3 is 2.72 bits per heavy atom. The minimum atomic E-state index is -0.466. The van der Waals surface area contributed by atoms with Crippen LogP contribution in [0.25, 0.3) is 22.1 Å². The topological polar surface area (TPSA) is 110 Å². The Labute approximate surface area is 191 Å². The Bertz CT molecular complexity index is 1330. The Morgan fingerprint density at radius 1 is 1.09 bits per heavy atom. The lowest BCUT2D eigenvalue weighted by Gasteiger charge is -2.08. The molecule has 0 saturated carbocycles. The number of hydrogen-bond donors (Lipinski definition) is 2. The predicted octanol–water partition coefficient (Wildman–Crippen LogP) is 5.33. The largest absolute Gasteiger partial charge is 0.455 e. The molecule has 0 aliphatic heterocycles. The van der Waals surface area contributed by atoms with Crippen LogP contribution in [0.4, 0.5) is 11.4 Å². The minimum absolute atomic E-state index is 0.0196. The van der Waals surface area contributed by atoms with Crippen molar-refractivity contribution in [2.24, 2.45) is 5.10 Å². The number of nitrogens with zero attached hydrogens (tertiary/aromatic N) is 2. The molecule has 9 heteroatoms. The number of hydrogen-bond acceptors (Lipinski definition) is 6. The quantitative estimate of drug-likeness (QED) is 0.205. The van der Waals surface area contributed by atoms with Crippen LogP contribution >= 0.6 is 15.9 Å². The molecule has 0 fully saturated rings. The molecule has 0 atom stereocenters. The van der Waals surface area contributed by atoms with E-state index in [1.165, 1.54) is 18.3 Å². The Hall–Kier alpha value is -3.98. The molecule has 0 saturated heterocycles. The summed E-state index contributed by atoms with van der Waals surface area (Å²) in [6, 6.07) is 21.6. The Morgan fingerprint density at radius 2 is 1.91 bits per heavy atom. The monoisotopic (exact) mass is 492 g/mol. The molecule has 8 nitrogen and oxygen atoms in total. The maximum Gasteiger partial charge on any atom is 0.270 e. The van der Waals surface area contributed by atoms with E-state index < -0.39 is 4.92 Å². The molecule has 1 heterocycles. The lowest BCUT2D eigenvalue weighted by atomic mass is 10.1. The van der Waals surface area contributed by atoms with Crippen LogP contribution in [0, 0.1) is 10.1 Å². The number of anilines is 1. The van der Waals surface area contributed by atoms with Gasteiger partial charge in [0.2, 0.25) is 0 Å². The maximum atomic E-state index is 12.1. The summed E-state index contributed by atoms with van der Waals surface area (Å²) >= 11 is 3.32. The number of non-ortho nitro benzene ring substituents is 1. The van der Waals surface area contributed by atoms with E-state index in [-0.39, 0.29) is 18.1 Å². The van der Waals surface area contributed by atoms with Gasteiger partial charge in [-0.25, -0.2) is 5.43 Å². The summed E-state index contributed by atoms with van der Waals surface area (Å²) in [7, 11) is 0. The molecule has 3 aromatic carbocycles. The lowest BCUT2D eigenvalue weighted by molar-refractivity contribution is -0.384. The van der Waals surface area contributed by atoms with Gasteiger partial charge < -0.3 is 9.73 Å². The predicted molar refractivity (Wildman–Crippen MR) is 127 cm³/mol. The van der Waals surface area contributed by atoms with Crippen LogP contribution in [0.1, 0.15) is 5.76 Å². The minimum Gasteiger partial charge on any atom is -0.455 e. The average molecular weight is 493 g/mol. The highest BCUT2D eigenvalue weighted by Gasteiger charge is 2.13. The van der Waals surface area contributed by atoms with Gasteiger partial charge >= 0.3 is 0 Å². The second-order valence-electron chi connectivity index (χ2n) is 6.80. The van der Waals surface area contributed by atoms with E-state index in [1.807, 2.05) is 42.5 Å². The summed E-state index contributed by atoms with van der Waals surface area (Å²) in [5.74, 6) is 0.629. The molecule has 160 valence electrons. The highest BCUT2D eigenvalue weighted by Crippen LogP contribution is 2.32. The average Bonchev–Trinajstić information content (AvgIpc) is 3.26. The van der Waals surface area contributed by atoms with Crippen molar-refractivity contribution in [3.8, 4) is 11.3 Å². The molecule has 0 spiro atoms. The van der Waals surface area contributed by atoms with Gasteiger partial charge in [-0.2, -0.15) is 5.10 Å². The second kappa shape index (κ2) is 9.44. The van der Waals surface area contributed by atoms with Crippen LogP contribution in [0.2, 0.25) is 0 Å². The van der Waals surface area contributed by atoms with Gasteiger partial charge in [0, 0.05) is 33.2 Å². The van der Waals surface area contributed by atoms with Crippen molar-refractivity contribution in [3.63, 3.8) is 0 Å². The summed E-state index contributed by atoms with van der Waals surface area (Å²) in [5.41, 5.74) is 3.97. The molecule has 0 unspecified atom stereocenters. The van der Waals surface area contributed by atoms with Crippen molar-refractivity contribution in [2.45, 2.75) is 0 Å². The Balaban J connectivity index is 1.35. The highest BCUT2D eigenvalue weighted by atomic mass is 79.9. The van der Waals surface area contributed by atoms with E-state index in [9.17, 15) is 14.9 Å². The number of nitro groups is 1. The number of hydrazone groups is 1. The highest BCUT2D eigenvalue weighted by molar-refractivity contribution is 9.10. The molecule has 0 bridgehead atoms. The molecule has 0 radical (unpaired) electrons. The van der Waals surface area contributed by atoms with Crippen molar-refractivity contribution in [1.29, 1.82) is 0 Å². The van der Waals surface area contributed by atoms with Crippen LogP contribution in [0.5, 0.6) is 0 Å². The van der Waals surface area contributed by atoms with Crippen LogP contribution in [-0.4, -0.2) is 23.6 Å². The summed E-state index contributed by atoms with van der Waals surface area (Å²) in [6.45, 7) is 0.0600. The number of carbonyl (C=O) groups excluding carboxylic acids is 1. The third-order valence-corrected chi connectivity index (χ3v) is 5.32. The molecular formula is C23H17BrN4O4. The summed E-state index contributed by atoms with van der Waals surface area (Å²) in [4.78, 5) is 22.5. The third-order valence-electron chi connectivity index (χ3n) is 4.67. The van der Waals surface area contributed by atoms with E-state index in [2.05, 4.69) is 31.8 Å². The number of rotatable bonds is 7. The fourth-order valence-corrected chi connectivity index (χ4v) is 3.71. The smallest absolute Gasteiger partial charge is 0.270 e. The normalized spacial score (nSPS) is 11.0. The molecule has 32 heavy (non-hydrogen) atoms. The third kappa shape index (κ3) is 4.84. The maximum absolute atomic E-state index is 12.1. The number of furan rings is 1. The van der Waals surface area contributed by atoms with E-state index in [1.54, 1.807) is 18.2 Å². The zero-order chi connectivity index (χ0) is 22.5. The first-order valence-electron chi connectivity index (χ1n) is 9.59. The van der Waals surface area contributed by atoms with Crippen molar-refractivity contribution < 1.29 is 14.1 Å². The van der Waals surface area contributed by atoms with E-state index in [0.717, 1.165) is 16.5 Å². The molecule has 2 N–H and O–H groups in total. The molecule has 4 rings (SSSR count). The number of halogens is 1. The van der Waals surface area contributed by atoms with Gasteiger partial charge in [0.1, 0.15) is 11.5 Å². The van der Waals surface area contributed by atoms with Gasteiger partial charge in [-0.05, 0) is 45.6 Å². The summed E-state index contributed by atoms with van der Waals surface area (Å²) in [5, 5.41) is 20.0. The number of carbonyl (C=O) groups is 1. The van der Waals surface area contributed by atoms with Crippen LogP contribution < -0.4 is 10.7 Å². The van der Waals surface area contributed by atoms with E-state index in [4.69, 9.17) is 4.42 Å². The van der Waals surface area contributed by atoms with Gasteiger partial charge in [-0.15, -0.1) is 0 Å². The lowest BCUT2D eigenvalue weighted by Crippen LogP contribution is -2.25.